The molecule has 1 N–H and O–H groups in total. The molecule has 1 aliphatic rings. The molecule has 1 aliphatic heterocycles. The predicted molar refractivity (Wildman–Crippen MR) is 126 cm³/mol. The van der Waals surface area contributed by atoms with Crippen molar-refractivity contribution < 1.29 is 14.3 Å². The van der Waals surface area contributed by atoms with Gasteiger partial charge in [0, 0.05) is 33.7 Å². The molecule has 0 atom stereocenters. The van der Waals surface area contributed by atoms with Crippen LogP contribution in [0.25, 0.3) is 22.5 Å². The number of carbonyl (C=O) groups is 1. The maximum Gasteiger partial charge on any atom is 0.257 e. The molecular weight excluding hydrogens is 470 g/mol. The molecule has 6 nitrogen and oxygen atoms in total. The van der Waals surface area contributed by atoms with Gasteiger partial charge in [-0.25, -0.2) is 4.98 Å². The first kappa shape index (κ1) is 20.2. The molecule has 2 aromatic heterocycles. The van der Waals surface area contributed by atoms with Crippen LogP contribution in [0.2, 0.25) is 0 Å². The van der Waals surface area contributed by atoms with E-state index in [1.807, 2.05) is 60.7 Å². The summed E-state index contributed by atoms with van der Waals surface area (Å²) in [6, 6.07) is 21.1. The standard InChI is InChI=1S/C25H18BrN3O3/c26-19-12-18(14-27-15-19)25(30)28-20-7-4-16(5-8-20)21-2-1-3-22(29-21)17-6-9-23-24(13-17)32-11-10-31-23/h1-9,12-15H,10-11H2,(H,28,30). The van der Waals surface area contributed by atoms with Gasteiger partial charge in [-0.05, 0) is 64.5 Å². The third-order valence-corrected chi connectivity index (χ3v) is 5.43. The number of halogens is 1. The number of anilines is 1. The van der Waals surface area contributed by atoms with Crippen LogP contribution in [0, 0.1) is 0 Å². The Balaban J connectivity index is 1.35. The second kappa shape index (κ2) is 8.80. The summed E-state index contributed by atoms with van der Waals surface area (Å²) in [5.41, 5.74) is 4.78. The lowest BCUT2D eigenvalue weighted by atomic mass is 10.1. The summed E-state index contributed by atoms with van der Waals surface area (Å²) in [6.45, 7) is 1.11. The number of hydrogen-bond donors (Lipinski definition) is 1. The summed E-state index contributed by atoms with van der Waals surface area (Å²) < 4.78 is 12.0. The van der Waals surface area contributed by atoms with Crippen molar-refractivity contribution in [2.75, 3.05) is 18.5 Å². The monoisotopic (exact) mass is 487 g/mol. The lowest BCUT2D eigenvalue weighted by Gasteiger charge is -2.18. The highest BCUT2D eigenvalue weighted by Crippen LogP contribution is 2.34. The van der Waals surface area contributed by atoms with Crippen LogP contribution in [0.3, 0.4) is 0 Å². The topological polar surface area (TPSA) is 73.3 Å². The summed E-state index contributed by atoms with van der Waals surface area (Å²) in [4.78, 5) is 21.3. The number of nitrogens with one attached hydrogen (secondary N) is 1. The fraction of sp³-hybridized carbons (Fsp3) is 0.0800. The fourth-order valence-corrected chi connectivity index (χ4v) is 3.79. The Morgan fingerprint density at radius 1 is 0.844 bits per heavy atom. The minimum absolute atomic E-state index is 0.217. The number of benzene rings is 2. The number of fused-ring (bicyclic) bond motifs is 1. The first-order chi connectivity index (χ1) is 15.7. The van der Waals surface area contributed by atoms with Crippen LogP contribution in [0.15, 0.2) is 83.6 Å². The van der Waals surface area contributed by atoms with E-state index >= 15 is 0 Å². The summed E-state index contributed by atoms with van der Waals surface area (Å²) in [5.74, 6) is 1.28. The average molecular weight is 488 g/mol. The van der Waals surface area contributed by atoms with Gasteiger partial charge in [0.1, 0.15) is 13.2 Å². The quantitative estimate of drug-likeness (QED) is 0.405. The van der Waals surface area contributed by atoms with Crippen molar-refractivity contribution >= 4 is 27.5 Å². The van der Waals surface area contributed by atoms with Crippen molar-refractivity contribution in [3.8, 4) is 34.0 Å². The minimum Gasteiger partial charge on any atom is -0.486 e. The van der Waals surface area contributed by atoms with Gasteiger partial charge in [-0.15, -0.1) is 0 Å². The Kier molecular flexibility index (Phi) is 5.56. The van der Waals surface area contributed by atoms with E-state index in [-0.39, 0.29) is 5.91 Å². The Bertz CT molecular complexity index is 1290. The van der Waals surface area contributed by atoms with Crippen LogP contribution < -0.4 is 14.8 Å². The van der Waals surface area contributed by atoms with E-state index in [9.17, 15) is 4.79 Å². The number of hydrogen-bond acceptors (Lipinski definition) is 5. The minimum atomic E-state index is -0.217. The van der Waals surface area contributed by atoms with Crippen LogP contribution in [0.1, 0.15) is 10.4 Å². The van der Waals surface area contributed by atoms with Crippen molar-refractivity contribution in [2.45, 2.75) is 0 Å². The van der Waals surface area contributed by atoms with Gasteiger partial charge in [-0.3, -0.25) is 9.78 Å². The Morgan fingerprint density at radius 3 is 2.34 bits per heavy atom. The van der Waals surface area contributed by atoms with E-state index in [4.69, 9.17) is 14.5 Å². The zero-order chi connectivity index (χ0) is 21.9. The zero-order valence-electron chi connectivity index (χ0n) is 16.9. The molecule has 0 unspecified atom stereocenters. The number of carbonyl (C=O) groups excluding carboxylic acids is 1. The first-order valence-electron chi connectivity index (χ1n) is 10.1. The second-order valence-electron chi connectivity index (χ2n) is 7.19. The zero-order valence-corrected chi connectivity index (χ0v) is 18.5. The van der Waals surface area contributed by atoms with E-state index in [0.717, 1.165) is 38.5 Å². The normalized spacial score (nSPS) is 12.3. The van der Waals surface area contributed by atoms with E-state index in [0.29, 0.717) is 24.5 Å². The summed E-state index contributed by atoms with van der Waals surface area (Å²) in [6.07, 6.45) is 3.17. The van der Waals surface area contributed by atoms with Crippen molar-refractivity contribution in [3.05, 3.63) is 89.2 Å². The highest BCUT2D eigenvalue weighted by molar-refractivity contribution is 9.10. The van der Waals surface area contributed by atoms with E-state index in [1.54, 1.807) is 12.3 Å². The van der Waals surface area contributed by atoms with Gasteiger partial charge in [0.25, 0.3) is 5.91 Å². The highest BCUT2D eigenvalue weighted by atomic mass is 79.9. The molecule has 4 aromatic rings. The van der Waals surface area contributed by atoms with Crippen LogP contribution >= 0.6 is 15.9 Å². The number of rotatable bonds is 4. The molecule has 5 rings (SSSR count). The Labute approximate surface area is 193 Å². The predicted octanol–water partition coefficient (Wildman–Crippen LogP) is 5.60. The average Bonchev–Trinajstić information content (AvgIpc) is 2.84. The van der Waals surface area contributed by atoms with Crippen LogP contribution in [-0.2, 0) is 0 Å². The van der Waals surface area contributed by atoms with Crippen molar-refractivity contribution in [2.24, 2.45) is 0 Å². The molecule has 32 heavy (non-hydrogen) atoms. The molecule has 3 heterocycles. The highest BCUT2D eigenvalue weighted by Gasteiger charge is 2.13. The van der Waals surface area contributed by atoms with Gasteiger partial charge in [0.05, 0.1) is 17.0 Å². The SMILES string of the molecule is O=C(Nc1ccc(-c2cccc(-c3ccc4c(c3)OCCO4)n2)cc1)c1cncc(Br)c1. The third-order valence-electron chi connectivity index (χ3n) is 4.99. The van der Waals surface area contributed by atoms with Crippen molar-refractivity contribution in [1.29, 1.82) is 0 Å². The molecule has 2 aromatic carbocycles. The maximum absolute atomic E-state index is 12.4. The van der Waals surface area contributed by atoms with Gasteiger partial charge < -0.3 is 14.8 Å². The molecule has 158 valence electrons. The number of nitrogens with zero attached hydrogens (tertiary/aromatic N) is 2. The van der Waals surface area contributed by atoms with Crippen molar-refractivity contribution in [1.82, 2.24) is 9.97 Å². The molecule has 0 aliphatic carbocycles. The Hall–Kier alpha value is -3.71. The van der Waals surface area contributed by atoms with E-state index in [2.05, 4.69) is 26.2 Å². The number of amides is 1. The maximum atomic E-state index is 12.4. The second-order valence-corrected chi connectivity index (χ2v) is 8.11. The molecule has 0 saturated heterocycles. The molecular formula is C25H18BrN3O3. The number of ether oxygens (including phenoxy) is 2. The first-order valence-corrected chi connectivity index (χ1v) is 10.8. The summed E-state index contributed by atoms with van der Waals surface area (Å²) in [5, 5.41) is 2.88. The summed E-state index contributed by atoms with van der Waals surface area (Å²) >= 11 is 3.33. The lowest BCUT2D eigenvalue weighted by Crippen LogP contribution is -2.15. The molecule has 1 amide bonds. The molecule has 0 spiro atoms. The third kappa shape index (κ3) is 4.33. The smallest absolute Gasteiger partial charge is 0.257 e. The van der Waals surface area contributed by atoms with Gasteiger partial charge in [0.2, 0.25) is 0 Å². The van der Waals surface area contributed by atoms with Crippen LogP contribution in [0.5, 0.6) is 11.5 Å². The van der Waals surface area contributed by atoms with Crippen molar-refractivity contribution in [3.63, 3.8) is 0 Å². The molecule has 0 saturated carbocycles. The number of aromatic nitrogens is 2. The molecule has 0 bridgehead atoms. The summed E-state index contributed by atoms with van der Waals surface area (Å²) in [7, 11) is 0. The molecule has 0 radical (unpaired) electrons. The van der Waals surface area contributed by atoms with Crippen LogP contribution in [-0.4, -0.2) is 29.1 Å². The van der Waals surface area contributed by atoms with E-state index < -0.39 is 0 Å². The molecule has 0 fully saturated rings. The largest absolute Gasteiger partial charge is 0.486 e. The number of pyridine rings is 2. The van der Waals surface area contributed by atoms with Crippen LogP contribution in [0.4, 0.5) is 5.69 Å². The van der Waals surface area contributed by atoms with Gasteiger partial charge in [-0.1, -0.05) is 18.2 Å². The Morgan fingerprint density at radius 2 is 1.56 bits per heavy atom. The fourth-order valence-electron chi connectivity index (χ4n) is 3.42. The molecule has 7 heteroatoms. The van der Waals surface area contributed by atoms with Gasteiger partial charge in [-0.2, -0.15) is 0 Å². The van der Waals surface area contributed by atoms with Gasteiger partial charge in [0.15, 0.2) is 11.5 Å². The van der Waals surface area contributed by atoms with Gasteiger partial charge >= 0.3 is 0 Å². The lowest BCUT2D eigenvalue weighted by molar-refractivity contribution is 0.102. The van der Waals surface area contributed by atoms with E-state index in [1.165, 1.54) is 6.20 Å².